The number of anilines is 1. The molecule has 22 heavy (non-hydrogen) atoms. The molecular formula is C15H13N3O3S. The second-order valence-electron chi connectivity index (χ2n) is 4.54. The highest BCUT2D eigenvalue weighted by molar-refractivity contribution is 7.99. The van der Waals surface area contributed by atoms with Crippen LogP contribution in [0.2, 0.25) is 0 Å². The molecule has 6 nitrogen and oxygen atoms in total. The van der Waals surface area contributed by atoms with Crippen LogP contribution in [0.4, 0.5) is 5.69 Å². The number of nitrogens with one attached hydrogen (secondary N) is 2. The van der Waals surface area contributed by atoms with Crippen LogP contribution in [0.25, 0.3) is 11.1 Å². The first-order valence-corrected chi connectivity index (χ1v) is 7.66. The Labute approximate surface area is 129 Å². The number of amides is 1. The monoisotopic (exact) mass is 315 g/mol. The predicted molar refractivity (Wildman–Crippen MR) is 85.0 cm³/mol. The van der Waals surface area contributed by atoms with Gasteiger partial charge in [-0.3, -0.25) is 9.78 Å². The van der Waals surface area contributed by atoms with Crippen molar-refractivity contribution in [3.05, 3.63) is 53.1 Å². The molecule has 0 spiro atoms. The Hall–Kier alpha value is -2.54. The summed E-state index contributed by atoms with van der Waals surface area (Å²) in [5.41, 5.74) is 1.65. The fraction of sp³-hybridized carbons (Fsp3) is 0.133. The van der Waals surface area contributed by atoms with Gasteiger partial charge in [0.1, 0.15) is 0 Å². The molecule has 0 saturated heterocycles. The van der Waals surface area contributed by atoms with Gasteiger partial charge in [-0.25, -0.2) is 9.78 Å². The third-order valence-corrected chi connectivity index (χ3v) is 3.87. The average Bonchev–Trinajstić information content (AvgIpc) is 2.87. The van der Waals surface area contributed by atoms with Gasteiger partial charge < -0.3 is 9.73 Å². The number of rotatable bonds is 5. The van der Waals surface area contributed by atoms with E-state index >= 15 is 0 Å². The number of aromatic amines is 1. The van der Waals surface area contributed by atoms with E-state index in [9.17, 15) is 9.59 Å². The molecule has 1 aromatic carbocycles. The van der Waals surface area contributed by atoms with Crippen LogP contribution >= 0.6 is 11.8 Å². The number of nitrogens with zero attached hydrogens (tertiary/aromatic N) is 1. The van der Waals surface area contributed by atoms with Crippen molar-refractivity contribution in [1.29, 1.82) is 0 Å². The summed E-state index contributed by atoms with van der Waals surface area (Å²) in [6.45, 7) is 0. The number of H-pyrrole nitrogens is 1. The maximum atomic E-state index is 11.9. The van der Waals surface area contributed by atoms with Crippen LogP contribution in [0.1, 0.15) is 6.42 Å². The normalized spacial score (nSPS) is 10.7. The number of thioether (sulfide) groups is 1. The smallest absolute Gasteiger partial charge is 0.408 e. The van der Waals surface area contributed by atoms with Gasteiger partial charge in [-0.1, -0.05) is 6.07 Å². The molecule has 112 valence electrons. The molecule has 0 saturated carbocycles. The Kier molecular flexibility index (Phi) is 4.24. The zero-order valence-electron chi connectivity index (χ0n) is 11.5. The van der Waals surface area contributed by atoms with Crippen LogP contribution in [0.5, 0.6) is 0 Å². The predicted octanol–water partition coefficient (Wildman–Crippen LogP) is 2.64. The van der Waals surface area contributed by atoms with Gasteiger partial charge in [-0.2, -0.15) is 0 Å². The van der Waals surface area contributed by atoms with E-state index in [0.717, 1.165) is 5.03 Å². The van der Waals surface area contributed by atoms with Gasteiger partial charge in [-0.05, 0) is 30.3 Å². The molecule has 0 fully saturated rings. The summed E-state index contributed by atoms with van der Waals surface area (Å²) in [6.07, 6.45) is 2.10. The van der Waals surface area contributed by atoms with Crippen LogP contribution in [0, 0.1) is 0 Å². The maximum Gasteiger partial charge on any atom is 0.417 e. The van der Waals surface area contributed by atoms with E-state index in [1.54, 1.807) is 24.4 Å². The van der Waals surface area contributed by atoms with Gasteiger partial charge in [0.15, 0.2) is 5.58 Å². The zero-order valence-corrected chi connectivity index (χ0v) is 12.4. The minimum absolute atomic E-state index is 0.0892. The molecule has 0 bridgehead atoms. The van der Waals surface area contributed by atoms with Crippen molar-refractivity contribution in [2.75, 3.05) is 11.1 Å². The van der Waals surface area contributed by atoms with Gasteiger partial charge in [-0.15, -0.1) is 11.8 Å². The maximum absolute atomic E-state index is 11.9. The summed E-state index contributed by atoms with van der Waals surface area (Å²) >= 11 is 1.53. The van der Waals surface area contributed by atoms with Crippen molar-refractivity contribution in [2.45, 2.75) is 11.4 Å². The minimum Gasteiger partial charge on any atom is -0.408 e. The SMILES string of the molecule is O=C(CCSc1ccccn1)Nc1ccc2oc(=O)[nH]c2c1. The van der Waals surface area contributed by atoms with Crippen LogP contribution < -0.4 is 11.1 Å². The Balaban J connectivity index is 1.55. The molecule has 0 atom stereocenters. The molecule has 1 amide bonds. The van der Waals surface area contributed by atoms with Gasteiger partial charge >= 0.3 is 5.76 Å². The molecule has 2 heterocycles. The van der Waals surface area contributed by atoms with Crippen LogP contribution in [0.15, 0.2) is 56.8 Å². The number of hydrogen-bond acceptors (Lipinski definition) is 5. The van der Waals surface area contributed by atoms with Crippen LogP contribution in [0.3, 0.4) is 0 Å². The molecule has 7 heteroatoms. The molecular weight excluding hydrogens is 302 g/mol. The van der Waals surface area contributed by atoms with Crippen LogP contribution in [-0.4, -0.2) is 21.6 Å². The van der Waals surface area contributed by atoms with Crippen LogP contribution in [-0.2, 0) is 4.79 Å². The third-order valence-electron chi connectivity index (χ3n) is 2.92. The number of carbonyl (C=O) groups excluding carboxylic acids is 1. The molecule has 0 radical (unpaired) electrons. The second kappa shape index (κ2) is 6.48. The summed E-state index contributed by atoms with van der Waals surface area (Å²) < 4.78 is 4.91. The number of oxazole rings is 1. The van der Waals surface area contributed by atoms with E-state index < -0.39 is 5.76 Å². The Morgan fingerprint density at radius 3 is 3.05 bits per heavy atom. The van der Waals surface area contributed by atoms with Gasteiger partial charge in [0, 0.05) is 24.1 Å². The fourth-order valence-electron chi connectivity index (χ4n) is 1.93. The van der Waals surface area contributed by atoms with Crippen molar-refractivity contribution in [3.63, 3.8) is 0 Å². The molecule has 2 N–H and O–H groups in total. The summed E-state index contributed by atoms with van der Waals surface area (Å²) in [5.74, 6) is 0.0482. The largest absolute Gasteiger partial charge is 0.417 e. The number of aromatic nitrogens is 2. The number of fused-ring (bicyclic) bond motifs is 1. The molecule has 0 aliphatic carbocycles. The molecule has 3 rings (SSSR count). The number of hydrogen-bond donors (Lipinski definition) is 2. The highest BCUT2D eigenvalue weighted by atomic mass is 32.2. The van der Waals surface area contributed by atoms with Gasteiger partial charge in [0.05, 0.1) is 10.5 Å². The highest BCUT2D eigenvalue weighted by Crippen LogP contribution is 2.18. The fourth-order valence-corrected chi connectivity index (χ4v) is 2.74. The Morgan fingerprint density at radius 2 is 2.23 bits per heavy atom. The van der Waals surface area contributed by atoms with Crippen molar-refractivity contribution >= 4 is 34.5 Å². The van der Waals surface area contributed by atoms with Gasteiger partial charge in [0.25, 0.3) is 0 Å². The quantitative estimate of drug-likeness (QED) is 0.707. The zero-order chi connectivity index (χ0) is 15.4. The van der Waals surface area contributed by atoms with E-state index in [1.165, 1.54) is 11.8 Å². The van der Waals surface area contributed by atoms with E-state index in [2.05, 4.69) is 15.3 Å². The molecule has 0 aliphatic heterocycles. The lowest BCUT2D eigenvalue weighted by molar-refractivity contribution is -0.115. The average molecular weight is 315 g/mol. The standard InChI is InChI=1S/C15H13N3O3S/c19-13(6-8-22-14-3-1-2-7-16-14)17-10-4-5-12-11(9-10)18-15(20)21-12/h1-5,7,9H,6,8H2,(H,17,19)(H,18,20). The number of carbonyl (C=O) groups is 1. The molecule has 3 aromatic rings. The lowest BCUT2D eigenvalue weighted by Crippen LogP contribution is -2.12. The summed E-state index contributed by atoms with van der Waals surface area (Å²) in [5, 5.41) is 3.69. The van der Waals surface area contributed by atoms with Crippen molar-refractivity contribution in [1.82, 2.24) is 9.97 Å². The summed E-state index contributed by atoms with van der Waals surface area (Å²) in [6, 6.07) is 10.7. The van der Waals surface area contributed by atoms with Gasteiger partial charge in [0.2, 0.25) is 5.91 Å². The molecule has 0 unspecified atom stereocenters. The summed E-state index contributed by atoms with van der Waals surface area (Å²) in [4.78, 5) is 29.7. The third kappa shape index (κ3) is 3.56. The van der Waals surface area contributed by atoms with E-state index in [4.69, 9.17) is 4.42 Å². The number of benzene rings is 1. The van der Waals surface area contributed by atoms with Crippen molar-refractivity contribution in [3.8, 4) is 0 Å². The minimum atomic E-state index is -0.509. The first-order chi connectivity index (χ1) is 10.7. The van der Waals surface area contributed by atoms with E-state index in [0.29, 0.717) is 29.0 Å². The highest BCUT2D eigenvalue weighted by Gasteiger charge is 2.06. The van der Waals surface area contributed by atoms with E-state index in [1.807, 2.05) is 18.2 Å². The molecule has 2 aromatic heterocycles. The topological polar surface area (TPSA) is 88.0 Å². The van der Waals surface area contributed by atoms with E-state index in [-0.39, 0.29) is 5.91 Å². The molecule has 0 aliphatic rings. The first kappa shape index (κ1) is 14.4. The summed E-state index contributed by atoms with van der Waals surface area (Å²) in [7, 11) is 0. The number of pyridine rings is 1. The lowest BCUT2D eigenvalue weighted by Gasteiger charge is -2.04. The Bertz CT molecular complexity index is 842. The van der Waals surface area contributed by atoms with Crippen molar-refractivity contribution in [2.24, 2.45) is 0 Å². The second-order valence-corrected chi connectivity index (χ2v) is 5.66. The van der Waals surface area contributed by atoms with Crippen molar-refractivity contribution < 1.29 is 9.21 Å². The Morgan fingerprint density at radius 1 is 1.32 bits per heavy atom. The lowest BCUT2D eigenvalue weighted by atomic mass is 10.3. The first-order valence-electron chi connectivity index (χ1n) is 6.67.